The van der Waals surface area contributed by atoms with Gasteiger partial charge in [0.25, 0.3) is 0 Å². The van der Waals surface area contributed by atoms with Gasteiger partial charge in [-0.05, 0) is 12.3 Å². The summed E-state index contributed by atoms with van der Waals surface area (Å²) in [6.45, 7) is 6.56. The average Bonchev–Trinajstić information content (AvgIpc) is 2.44. The van der Waals surface area contributed by atoms with E-state index in [0.29, 0.717) is 25.6 Å². The van der Waals surface area contributed by atoms with Crippen molar-refractivity contribution in [1.29, 1.82) is 0 Å². The highest BCUT2D eigenvalue weighted by Crippen LogP contribution is 2.06. The third kappa shape index (κ3) is 4.42. The number of rotatable bonds is 6. The predicted molar refractivity (Wildman–Crippen MR) is 56.5 cm³/mol. The van der Waals surface area contributed by atoms with Crippen LogP contribution in [0.15, 0.2) is 0 Å². The molecule has 0 N–H and O–H groups in total. The third-order valence-electron chi connectivity index (χ3n) is 2.24. The normalized spacial score (nSPS) is 16.9. The fourth-order valence-electron chi connectivity index (χ4n) is 1.52. The number of hydrogen-bond donors (Lipinski definition) is 0. The van der Waals surface area contributed by atoms with Crippen LogP contribution in [0.3, 0.4) is 0 Å². The SMILES string of the molecule is CC(C)COCCCN1CC(=O)CC1=O. The molecule has 0 unspecified atom stereocenters. The van der Waals surface area contributed by atoms with Gasteiger partial charge in [0.05, 0.1) is 13.0 Å². The van der Waals surface area contributed by atoms with Crippen molar-refractivity contribution in [1.82, 2.24) is 4.90 Å². The number of hydrogen-bond acceptors (Lipinski definition) is 3. The number of nitrogens with zero attached hydrogens (tertiary/aromatic N) is 1. The zero-order valence-corrected chi connectivity index (χ0v) is 9.49. The number of ether oxygens (including phenoxy) is 1. The number of carbonyl (C=O) groups is 2. The van der Waals surface area contributed by atoms with Crippen molar-refractivity contribution in [2.45, 2.75) is 26.7 Å². The van der Waals surface area contributed by atoms with Crippen LogP contribution >= 0.6 is 0 Å². The lowest BCUT2D eigenvalue weighted by Crippen LogP contribution is -2.27. The first-order valence-electron chi connectivity index (χ1n) is 5.47. The van der Waals surface area contributed by atoms with Gasteiger partial charge in [0.1, 0.15) is 0 Å². The van der Waals surface area contributed by atoms with E-state index in [1.54, 1.807) is 4.90 Å². The largest absolute Gasteiger partial charge is 0.381 e. The summed E-state index contributed by atoms with van der Waals surface area (Å²) in [6.07, 6.45) is 0.901. The molecule has 15 heavy (non-hydrogen) atoms. The minimum atomic E-state index is -0.0381. The van der Waals surface area contributed by atoms with Crippen molar-refractivity contribution >= 4 is 11.7 Å². The maximum absolute atomic E-state index is 11.2. The van der Waals surface area contributed by atoms with Gasteiger partial charge < -0.3 is 9.64 Å². The van der Waals surface area contributed by atoms with Crippen LogP contribution in [0.2, 0.25) is 0 Å². The molecule has 86 valence electrons. The van der Waals surface area contributed by atoms with Gasteiger partial charge in [-0.15, -0.1) is 0 Å². The number of carbonyl (C=O) groups excluding carboxylic acids is 2. The Morgan fingerprint density at radius 3 is 2.67 bits per heavy atom. The van der Waals surface area contributed by atoms with Crippen molar-refractivity contribution in [3.8, 4) is 0 Å². The molecule has 0 radical (unpaired) electrons. The summed E-state index contributed by atoms with van der Waals surface area (Å²) in [5.41, 5.74) is 0. The lowest BCUT2D eigenvalue weighted by Gasteiger charge is -2.14. The molecule has 1 heterocycles. The lowest BCUT2D eigenvalue weighted by atomic mass is 10.2. The molecule has 0 spiro atoms. The highest BCUT2D eigenvalue weighted by Gasteiger charge is 2.26. The van der Waals surface area contributed by atoms with Crippen LogP contribution in [0.5, 0.6) is 0 Å². The van der Waals surface area contributed by atoms with Crippen LogP contribution in [0.25, 0.3) is 0 Å². The van der Waals surface area contributed by atoms with E-state index in [0.717, 1.165) is 13.0 Å². The second kappa shape index (κ2) is 5.85. The van der Waals surface area contributed by atoms with Gasteiger partial charge in [-0.3, -0.25) is 9.59 Å². The van der Waals surface area contributed by atoms with Crippen LogP contribution in [0, 0.1) is 5.92 Å². The number of amides is 1. The van der Waals surface area contributed by atoms with Crippen LogP contribution < -0.4 is 0 Å². The summed E-state index contributed by atoms with van der Waals surface area (Å²) in [6, 6.07) is 0. The maximum Gasteiger partial charge on any atom is 0.230 e. The Kier molecular flexibility index (Phi) is 4.75. The van der Waals surface area contributed by atoms with E-state index in [1.165, 1.54) is 0 Å². The molecule has 1 rings (SSSR count). The molecular formula is C11H19NO3. The fourth-order valence-corrected chi connectivity index (χ4v) is 1.52. The molecule has 0 aromatic carbocycles. The molecule has 0 aromatic rings. The minimum Gasteiger partial charge on any atom is -0.381 e. The van der Waals surface area contributed by atoms with Crippen molar-refractivity contribution in [2.75, 3.05) is 26.3 Å². The predicted octanol–water partition coefficient (Wildman–Crippen LogP) is 0.850. The molecule has 1 fully saturated rings. The van der Waals surface area contributed by atoms with Crippen molar-refractivity contribution < 1.29 is 14.3 Å². The molecule has 4 heteroatoms. The first-order chi connectivity index (χ1) is 7.09. The Balaban J connectivity index is 2.05. The monoisotopic (exact) mass is 213 g/mol. The Morgan fingerprint density at radius 1 is 1.40 bits per heavy atom. The van der Waals surface area contributed by atoms with E-state index >= 15 is 0 Å². The van der Waals surface area contributed by atoms with Gasteiger partial charge in [0.15, 0.2) is 5.78 Å². The molecule has 0 atom stereocenters. The van der Waals surface area contributed by atoms with Crippen molar-refractivity contribution in [3.63, 3.8) is 0 Å². The first-order valence-corrected chi connectivity index (χ1v) is 5.47. The van der Waals surface area contributed by atoms with Gasteiger partial charge >= 0.3 is 0 Å². The summed E-state index contributed by atoms with van der Waals surface area (Å²) in [5.74, 6) is 0.534. The van der Waals surface area contributed by atoms with Gasteiger partial charge in [-0.2, -0.15) is 0 Å². The highest BCUT2D eigenvalue weighted by atomic mass is 16.5. The fraction of sp³-hybridized carbons (Fsp3) is 0.818. The Bertz CT molecular complexity index is 238. The minimum absolute atomic E-state index is 0.0306. The Labute approximate surface area is 90.6 Å². The molecule has 1 aliphatic rings. The molecule has 0 bridgehead atoms. The van der Waals surface area contributed by atoms with Crippen molar-refractivity contribution in [2.24, 2.45) is 5.92 Å². The van der Waals surface area contributed by atoms with E-state index < -0.39 is 0 Å². The zero-order valence-electron chi connectivity index (χ0n) is 9.49. The molecular weight excluding hydrogens is 194 g/mol. The Hall–Kier alpha value is -0.900. The van der Waals surface area contributed by atoms with E-state index in [4.69, 9.17) is 4.74 Å². The number of ketones is 1. The average molecular weight is 213 g/mol. The van der Waals surface area contributed by atoms with Gasteiger partial charge in [0, 0.05) is 19.8 Å². The van der Waals surface area contributed by atoms with E-state index in [9.17, 15) is 9.59 Å². The molecule has 1 amide bonds. The molecule has 1 aliphatic heterocycles. The van der Waals surface area contributed by atoms with Crippen LogP contribution in [-0.4, -0.2) is 42.9 Å². The summed E-state index contributed by atoms with van der Waals surface area (Å²) in [5, 5.41) is 0. The smallest absolute Gasteiger partial charge is 0.230 e. The van der Waals surface area contributed by atoms with Crippen molar-refractivity contribution in [3.05, 3.63) is 0 Å². The Morgan fingerprint density at radius 2 is 2.13 bits per heavy atom. The zero-order chi connectivity index (χ0) is 11.3. The second-order valence-corrected chi connectivity index (χ2v) is 4.35. The van der Waals surface area contributed by atoms with E-state index in [2.05, 4.69) is 13.8 Å². The number of Topliss-reactive ketones (excluding diaryl/α,β-unsaturated/α-hetero) is 1. The summed E-state index contributed by atoms with van der Waals surface area (Å²) >= 11 is 0. The third-order valence-corrected chi connectivity index (χ3v) is 2.24. The van der Waals surface area contributed by atoms with E-state index in [-0.39, 0.29) is 18.1 Å². The van der Waals surface area contributed by atoms with Crippen LogP contribution in [-0.2, 0) is 14.3 Å². The first kappa shape index (κ1) is 12.2. The van der Waals surface area contributed by atoms with Crippen LogP contribution in [0.1, 0.15) is 26.7 Å². The molecule has 0 aliphatic carbocycles. The lowest BCUT2D eigenvalue weighted by molar-refractivity contribution is -0.128. The number of likely N-dealkylation sites (tertiary alicyclic amines) is 1. The maximum atomic E-state index is 11.2. The molecule has 0 saturated carbocycles. The van der Waals surface area contributed by atoms with Gasteiger partial charge in [-0.1, -0.05) is 13.8 Å². The summed E-state index contributed by atoms with van der Waals surface area (Å²) < 4.78 is 5.39. The highest BCUT2D eigenvalue weighted by molar-refractivity contribution is 6.05. The summed E-state index contributed by atoms with van der Waals surface area (Å²) in [4.78, 5) is 23.8. The van der Waals surface area contributed by atoms with Gasteiger partial charge in [0.2, 0.25) is 5.91 Å². The second-order valence-electron chi connectivity index (χ2n) is 4.35. The topological polar surface area (TPSA) is 46.6 Å². The molecule has 4 nitrogen and oxygen atoms in total. The van der Waals surface area contributed by atoms with E-state index in [1.807, 2.05) is 0 Å². The quantitative estimate of drug-likeness (QED) is 0.485. The van der Waals surface area contributed by atoms with Crippen LogP contribution in [0.4, 0.5) is 0 Å². The van der Waals surface area contributed by atoms with Gasteiger partial charge in [-0.25, -0.2) is 0 Å². The summed E-state index contributed by atoms with van der Waals surface area (Å²) in [7, 11) is 0. The molecule has 0 aromatic heterocycles. The standard InChI is InChI=1S/C11H19NO3/c1-9(2)8-15-5-3-4-12-7-10(13)6-11(12)14/h9H,3-8H2,1-2H3. The molecule has 1 saturated heterocycles.